The molecule has 0 saturated heterocycles. The van der Waals surface area contributed by atoms with Crippen molar-refractivity contribution < 1.29 is 9.47 Å². The average Bonchev–Trinajstić information content (AvgIpc) is 3.00. The fourth-order valence-electron chi connectivity index (χ4n) is 1.99. The summed E-state index contributed by atoms with van der Waals surface area (Å²) in [6.07, 6.45) is 3.04. The van der Waals surface area contributed by atoms with E-state index in [9.17, 15) is 0 Å². The van der Waals surface area contributed by atoms with Gasteiger partial charge in [-0.25, -0.2) is 0 Å². The first-order valence-corrected chi connectivity index (χ1v) is 7.21. The molecular formula is C16H23N3O2. The molecule has 1 aromatic heterocycles. The molecule has 0 radical (unpaired) electrons. The maximum absolute atomic E-state index is 5.79. The summed E-state index contributed by atoms with van der Waals surface area (Å²) < 4.78 is 13.0. The quantitative estimate of drug-likeness (QED) is 0.851. The first-order valence-electron chi connectivity index (χ1n) is 7.21. The highest BCUT2D eigenvalue weighted by Crippen LogP contribution is 2.23. The van der Waals surface area contributed by atoms with Crippen molar-refractivity contribution in [3.8, 4) is 11.5 Å². The normalized spacial score (nSPS) is 12.2. The van der Waals surface area contributed by atoms with E-state index in [-0.39, 0.29) is 0 Å². The SMILES string of the molecule is CCC(C)n1ccc(COc2cc(CN)cc(OC)c2)n1. The van der Waals surface area contributed by atoms with E-state index in [2.05, 4.69) is 18.9 Å². The number of rotatable bonds is 7. The molecule has 5 nitrogen and oxygen atoms in total. The van der Waals surface area contributed by atoms with Gasteiger partial charge in [0, 0.05) is 24.8 Å². The molecular weight excluding hydrogens is 266 g/mol. The summed E-state index contributed by atoms with van der Waals surface area (Å²) in [7, 11) is 1.63. The van der Waals surface area contributed by atoms with Gasteiger partial charge in [0.2, 0.25) is 0 Å². The lowest BCUT2D eigenvalue weighted by Crippen LogP contribution is -2.06. The molecule has 1 atom stereocenters. The first-order chi connectivity index (χ1) is 10.2. The lowest BCUT2D eigenvalue weighted by molar-refractivity contribution is 0.295. The molecule has 0 spiro atoms. The van der Waals surface area contributed by atoms with Crippen LogP contribution in [0.4, 0.5) is 0 Å². The zero-order valence-corrected chi connectivity index (χ0v) is 12.9. The predicted octanol–water partition coefficient (Wildman–Crippen LogP) is 2.90. The van der Waals surface area contributed by atoms with Crippen molar-refractivity contribution in [3.63, 3.8) is 0 Å². The largest absolute Gasteiger partial charge is 0.497 e. The van der Waals surface area contributed by atoms with Crippen LogP contribution in [0.25, 0.3) is 0 Å². The topological polar surface area (TPSA) is 62.3 Å². The van der Waals surface area contributed by atoms with Crippen molar-refractivity contribution in [2.45, 2.75) is 39.5 Å². The molecule has 0 bridgehead atoms. The van der Waals surface area contributed by atoms with Crippen LogP contribution in [0, 0.1) is 0 Å². The molecule has 0 aliphatic carbocycles. The van der Waals surface area contributed by atoms with Gasteiger partial charge in [-0.3, -0.25) is 4.68 Å². The molecule has 1 aromatic carbocycles. The number of hydrogen-bond acceptors (Lipinski definition) is 4. The van der Waals surface area contributed by atoms with Crippen LogP contribution in [-0.4, -0.2) is 16.9 Å². The highest BCUT2D eigenvalue weighted by Gasteiger charge is 2.06. The van der Waals surface area contributed by atoms with Crippen molar-refractivity contribution in [2.24, 2.45) is 5.73 Å². The van der Waals surface area contributed by atoms with E-state index < -0.39 is 0 Å². The first kappa shape index (κ1) is 15.4. The minimum absolute atomic E-state index is 0.402. The fourth-order valence-corrected chi connectivity index (χ4v) is 1.99. The van der Waals surface area contributed by atoms with Crippen molar-refractivity contribution >= 4 is 0 Å². The van der Waals surface area contributed by atoms with E-state index in [1.54, 1.807) is 7.11 Å². The van der Waals surface area contributed by atoms with Gasteiger partial charge in [0.1, 0.15) is 18.1 Å². The van der Waals surface area contributed by atoms with Gasteiger partial charge in [0.25, 0.3) is 0 Å². The second-order valence-corrected chi connectivity index (χ2v) is 5.05. The number of hydrogen-bond donors (Lipinski definition) is 1. The summed E-state index contributed by atoms with van der Waals surface area (Å²) >= 11 is 0. The predicted molar refractivity (Wildman–Crippen MR) is 82.4 cm³/mol. The molecule has 0 aliphatic heterocycles. The third-order valence-electron chi connectivity index (χ3n) is 3.50. The van der Waals surface area contributed by atoms with Crippen LogP contribution in [0.5, 0.6) is 11.5 Å². The summed E-state index contributed by atoms with van der Waals surface area (Å²) in [5, 5.41) is 4.52. The number of ether oxygens (including phenoxy) is 2. The molecule has 21 heavy (non-hydrogen) atoms. The van der Waals surface area contributed by atoms with Crippen molar-refractivity contribution in [2.75, 3.05) is 7.11 Å². The third kappa shape index (κ3) is 3.98. The van der Waals surface area contributed by atoms with Gasteiger partial charge in [0.05, 0.1) is 12.8 Å². The number of aromatic nitrogens is 2. The molecule has 2 aromatic rings. The van der Waals surface area contributed by atoms with Crippen LogP contribution in [0.3, 0.4) is 0 Å². The molecule has 0 amide bonds. The maximum Gasteiger partial charge on any atom is 0.132 e. The Morgan fingerprint density at radius 2 is 2.05 bits per heavy atom. The Labute approximate surface area is 125 Å². The summed E-state index contributed by atoms with van der Waals surface area (Å²) in [4.78, 5) is 0. The zero-order valence-electron chi connectivity index (χ0n) is 12.9. The Morgan fingerprint density at radius 3 is 2.71 bits per heavy atom. The van der Waals surface area contributed by atoms with Gasteiger partial charge in [-0.05, 0) is 37.1 Å². The van der Waals surface area contributed by atoms with Crippen LogP contribution in [0.1, 0.15) is 37.6 Å². The van der Waals surface area contributed by atoms with E-state index in [0.717, 1.165) is 29.2 Å². The van der Waals surface area contributed by atoms with E-state index in [1.807, 2.05) is 35.1 Å². The third-order valence-corrected chi connectivity index (χ3v) is 3.50. The second-order valence-electron chi connectivity index (χ2n) is 5.05. The van der Waals surface area contributed by atoms with Gasteiger partial charge in [-0.15, -0.1) is 0 Å². The zero-order chi connectivity index (χ0) is 15.2. The average molecular weight is 289 g/mol. The minimum Gasteiger partial charge on any atom is -0.497 e. The number of nitrogens with two attached hydrogens (primary N) is 1. The second kappa shape index (κ2) is 7.13. The maximum atomic E-state index is 5.79. The smallest absolute Gasteiger partial charge is 0.132 e. The molecule has 5 heteroatoms. The molecule has 0 saturated carbocycles. The van der Waals surface area contributed by atoms with Crippen molar-refractivity contribution in [1.29, 1.82) is 0 Å². The van der Waals surface area contributed by atoms with Crippen LogP contribution in [0.15, 0.2) is 30.5 Å². The van der Waals surface area contributed by atoms with Gasteiger partial charge in [-0.2, -0.15) is 5.10 Å². The number of benzene rings is 1. The van der Waals surface area contributed by atoms with Gasteiger partial charge in [0.15, 0.2) is 0 Å². The number of nitrogens with zero attached hydrogens (tertiary/aromatic N) is 2. The molecule has 0 aliphatic rings. The summed E-state index contributed by atoms with van der Waals surface area (Å²) in [6, 6.07) is 8.07. The van der Waals surface area contributed by atoms with Crippen molar-refractivity contribution in [1.82, 2.24) is 9.78 Å². The molecule has 2 N–H and O–H groups in total. The summed E-state index contributed by atoms with van der Waals surface area (Å²) in [5.41, 5.74) is 7.57. The van der Waals surface area contributed by atoms with E-state index in [0.29, 0.717) is 19.2 Å². The number of methoxy groups -OCH3 is 1. The standard InChI is InChI=1S/C16H23N3O2/c1-4-12(2)19-6-5-14(18-19)11-21-16-8-13(10-17)7-15(9-16)20-3/h5-9,12H,4,10-11,17H2,1-3H3. The summed E-state index contributed by atoms with van der Waals surface area (Å²) in [6.45, 7) is 5.18. The molecule has 114 valence electrons. The van der Waals surface area contributed by atoms with Gasteiger partial charge < -0.3 is 15.2 Å². The highest BCUT2D eigenvalue weighted by atomic mass is 16.5. The van der Waals surface area contributed by atoms with Crippen LogP contribution < -0.4 is 15.2 Å². The molecule has 1 heterocycles. The van der Waals surface area contributed by atoms with E-state index >= 15 is 0 Å². The highest BCUT2D eigenvalue weighted by molar-refractivity contribution is 5.38. The van der Waals surface area contributed by atoms with Crippen LogP contribution >= 0.6 is 0 Å². The Hall–Kier alpha value is -2.01. The van der Waals surface area contributed by atoms with Gasteiger partial charge in [-0.1, -0.05) is 6.92 Å². The van der Waals surface area contributed by atoms with E-state index in [4.69, 9.17) is 15.2 Å². The lowest BCUT2D eigenvalue weighted by Gasteiger charge is -2.10. The summed E-state index contributed by atoms with van der Waals surface area (Å²) in [5.74, 6) is 1.49. The Kier molecular flexibility index (Phi) is 5.22. The van der Waals surface area contributed by atoms with Crippen LogP contribution in [0.2, 0.25) is 0 Å². The fraction of sp³-hybridized carbons (Fsp3) is 0.438. The monoisotopic (exact) mass is 289 g/mol. The lowest BCUT2D eigenvalue weighted by atomic mass is 10.2. The Bertz CT molecular complexity index is 558. The molecule has 1 unspecified atom stereocenters. The van der Waals surface area contributed by atoms with Crippen LogP contribution in [-0.2, 0) is 13.2 Å². The van der Waals surface area contributed by atoms with Gasteiger partial charge >= 0.3 is 0 Å². The molecule has 0 fully saturated rings. The minimum atomic E-state index is 0.402. The van der Waals surface area contributed by atoms with E-state index in [1.165, 1.54) is 0 Å². The molecule has 2 rings (SSSR count). The van der Waals surface area contributed by atoms with Crippen molar-refractivity contribution in [3.05, 3.63) is 41.7 Å². The Morgan fingerprint density at radius 1 is 1.29 bits per heavy atom. The Balaban J connectivity index is 2.04.